The van der Waals surface area contributed by atoms with Gasteiger partial charge in [-0.05, 0) is 50.4 Å². The number of guanidine groups is 3. The number of aliphatic imine (C=N–C) groups is 3. The summed E-state index contributed by atoms with van der Waals surface area (Å²) in [6, 6.07) is 0. The van der Waals surface area contributed by atoms with Crippen LogP contribution in [-0.2, 0) is 32.0 Å². The molecule has 20 heteroatoms. The van der Waals surface area contributed by atoms with Crippen molar-refractivity contribution in [2.24, 2.45) is 54.8 Å². The molecule has 0 bridgehead atoms. The first-order chi connectivity index (χ1) is 19.9. The second kappa shape index (κ2) is 24.7. The first-order valence-electron chi connectivity index (χ1n) is 13.6. The lowest BCUT2D eigenvalue weighted by molar-refractivity contribution is -0.0218. The summed E-state index contributed by atoms with van der Waals surface area (Å²) in [6.45, 7) is 1.60. The minimum absolute atomic E-state index is 0.00614. The van der Waals surface area contributed by atoms with Crippen LogP contribution in [-0.4, -0.2) is 81.5 Å². The van der Waals surface area contributed by atoms with Gasteiger partial charge in [0, 0.05) is 29.1 Å². The van der Waals surface area contributed by atoms with Crippen molar-refractivity contribution in [1.29, 1.82) is 0 Å². The topological polar surface area (TPSA) is 294 Å². The third-order valence-corrected chi connectivity index (χ3v) is 7.60. The van der Waals surface area contributed by atoms with Gasteiger partial charge in [0.2, 0.25) is 0 Å². The molecule has 0 aliphatic heterocycles. The molecule has 0 spiro atoms. The van der Waals surface area contributed by atoms with Gasteiger partial charge in [0.25, 0.3) is 0 Å². The van der Waals surface area contributed by atoms with Gasteiger partial charge in [0.15, 0.2) is 17.9 Å². The average Bonchev–Trinajstić information content (AvgIpc) is 2.91. The van der Waals surface area contributed by atoms with E-state index in [2.05, 4.69) is 24.4 Å². The van der Waals surface area contributed by atoms with E-state index >= 15 is 0 Å². The van der Waals surface area contributed by atoms with Crippen molar-refractivity contribution in [3.63, 3.8) is 0 Å². The first-order valence-corrected chi connectivity index (χ1v) is 16.3. The summed E-state index contributed by atoms with van der Waals surface area (Å²) >= 11 is 0. The Hall–Kier alpha value is -1.67. The van der Waals surface area contributed by atoms with Gasteiger partial charge in [-0.1, -0.05) is 12.8 Å². The molecule has 0 aliphatic rings. The van der Waals surface area contributed by atoms with Crippen molar-refractivity contribution in [3.8, 4) is 0 Å². The van der Waals surface area contributed by atoms with Crippen LogP contribution < -0.4 is 34.4 Å². The first kappa shape index (κ1) is 40.3. The lowest BCUT2D eigenvalue weighted by Gasteiger charge is -2.34. The van der Waals surface area contributed by atoms with E-state index in [0.29, 0.717) is 64.8 Å². The number of phosphoric ester groups is 1. The maximum absolute atomic E-state index is 12.3. The molecule has 0 aromatic carbocycles. The Morgan fingerprint density at radius 2 is 1.33 bits per heavy atom. The number of ether oxygens (including phenoxy) is 1. The summed E-state index contributed by atoms with van der Waals surface area (Å²) in [4.78, 5) is 22.2. The smallest absolute Gasteiger partial charge is 0.378 e. The number of nitrogens with two attached hydrogens (primary N) is 6. The number of hydrogen-bond acceptors (Lipinski definition) is 10. The Morgan fingerprint density at radius 1 is 0.786 bits per heavy atom. The van der Waals surface area contributed by atoms with Crippen molar-refractivity contribution in [1.82, 2.24) is 0 Å². The molecule has 0 saturated heterocycles. The van der Waals surface area contributed by atoms with Crippen LogP contribution in [0.5, 0.6) is 0 Å². The summed E-state index contributed by atoms with van der Waals surface area (Å²) in [7, 11) is -2.80. The fraction of sp³-hybridized carbons (Fsp3) is 0.864. The second-order valence-corrected chi connectivity index (χ2v) is 11.7. The molecule has 0 fully saturated rings. The summed E-state index contributed by atoms with van der Waals surface area (Å²) in [5.41, 5.74) is 32.4. The maximum Gasteiger partial charge on any atom is 0.472 e. The van der Waals surface area contributed by atoms with Gasteiger partial charge in [-0.15, -0.1) is 0 Å². The van der Waals surface area contributed by atoms with E-state index in [1.807, 2.05) is 0 Å². The molecule has 3 atom stereocenters. The molecule has 0 radical (unpaired) electrons. The van der Waals surface area contributed by atoms with E-state index in [-0.39, 0.29) is 44.3 Å². The molecular weight excluding hydrogens is 611 g/mol. The Bertz CT molecular complexity index is 835. The molecule has 3 unspecified atom stereocenters. The van der Waals surface area contributed by atoms with E-state index in [4.69, 9.17) is 57.2 Å². The summed E-state index contributed by atoms with van der Waals surface area (Å²) < 4.78 is 49.5. The molecular formula is C22H50N9O8P3. The Balaban J connectivity index is 5.22. The quantitative estimate of drug-likeness (QED) is 0.0265. The Labute approximate surface area is 252 Å². The SMILES string of the molecule is NC(N)=NCCCC(CCCN=C(N)N)(CCN=C(N)N)COCC(COP(=O)(O)OCCCCCCOP)OP=O. The van der Waals surface area contributed by atoms with Crippen LogP contribution in [0, 0.1) is 5.41 Å². The van der Waals surface area contributed by atoms with Crippen molar-refractivity contribution in [2.45, 2.75) is 63.9 Å². The van der Waals surface area contributed by atoms with Crippen LogP contribution in [0.4, 0.5) is 0 Å². The molecule has 0 aliphatic carbocycles. The average molecular weight is 662 g/mol. The zero-order valence-electron chi connectivity index (χ0n) is 24.2. The highest BCUT2D eigenvalue weighted by Gasteiger charge is 2.31. The highest BCUT2D eigenvalue weighted by molar-refractivity contribution is 7.47. The second-order valence-electron chi connectivity index (χ2n) is 9.58. The summed E-state index contributed by atoms with van der Waals surface area (Å²) in [5, 5.41) is 0. The molecule has 0 aromatic rings. The fourth-order valence-corrected chi connectivity index (χ4v) is 5.15. The van der Waals surface area contributed by atoms with Crippen molar-refractivity contribution >= 4 is 43.9 Å². The predicted molar refractivity (Wildman–Crippen MR) is 167 cm³/mol. The van der Waals surface area contributed by atoms with Gasteiger partial charge < -0.3 is 48.6 Å². The van der Waals surface area contributed by atoms with Crippen molar-refractivity contribution < 1.29 is 36.9 Å². The van der Waals surface area contributed by atoms with E-state index in [9.17, 15) is 14.0 Å². The van der Waals surface area contributed by atoms with Gasteiger partial charge in [-0.25, -0.2) is 9.13 Å². The third-order valence-electron chi connectivity index (χ3n) is 5.99. The molecule has 0 heterocycles. The Kier molecular flexibility index (Phi) is 23.8. The summed E-state index contributed by atoms with van der Waals surface area (Å²) in [6.07, 6.45) is 5.40. The molecule has 17 nitrogen and oxygen atoms in total. The van der Waals surface area contributed by atoms with Gasteiger partial charge in [0.05, 0.1) is 33.0 Å². The molecule has 0 saturated carbocycles. The summed E-state index contributed by atoms with van der Waals surface area (Å²) in [5.74, 6) is -0.0476. The number of nitrogens with zero attached hydrogens (tertiary/aromatic N) is 3. The van der Waals surface area contributed by atoms with Gasteiger partial charge in [-0.2, -0.15) is 0 Å². The lowest BCUT2D eigenvalue weighted by Crippen LogP contribution is -2.33. The van der Waals surface area contributed by atoms with E-state index < -0.39 is 28.0 Å². The van der Waals surface area contributed by atoms with Gasteiger partial charge in [-0.3, -0.25) is 28.5 Å². The van der Waals surface area contributed by atoms with E-state index in [1.54, 1.807) is 0 Å². The van der Waals surface area contributed by atoms with Crippen molar-refractivity contribution in [3.05, 3.63) is 0 Å². The highest BCUT2D eigenvalue weighted by atomic mass is 31.2. The normalized spacial score (nSPS) is 13.8. The lowest BCUT2D eigenvalue weighted by atomic mass is 9.76. The van der Waals surface area contributed by atoms with E-state index in [1.165, 1.54) is 0 Å². The maximum atomic E-state index is 12.3. The Morgan fingerprint density at radius 3 is 1.86 bits per heavy atom. The highest BCUT2D eigenvalue weighted by Crippen LogP contribution is 2.43. The number of hydrogen-bond donors (Lipinski definition) is 7. The molecule has 0 rings (SSSR count). The predicted octanol–water partition coefficient (Wildman–Crippen LogP) is 0.853. The zero-order valence-corrected chi connectivity index (χ0v) is 27.1. The standard InChI is InChI=1S/C22H50N9O8P3/c23-19(24)29-10-5-7-22(9-12-31-21(27)28,8-6-11-30-20(25)26)17-35-15-18(39-41-32)16-38-42(33,34)37-14-4-2-1-3-13-36-40/h18H,1-17,40H2,(H,33,34)(H4,23,24,29)(H4,25,26,30)(H4,27,28,31). The van der Waals surface area contributed by atoms with Gasteiger partial charge in [0.1, 0.15) is 6.10 Å². The molecule has 246 valence electrons. The monoisotopic (exact) mass is 661 g/mol. The fourth-order valence-electron chi connectivity index (χ4n) is 3.95. The van der Waals surface area contributed by atoms with Crippen molar-refractivity contribution in [2.75, 3.05) is 52.7 Å². The van der Waals surface area contributed by atoms with Crippen LogP contribution in [0.15, 0.2) is 15.0 Å². The largest absolute Gasteiger partial charge is 0.472 e. The number of unbranched alkanes of at least 4 members (excludes halogenated alkanes) is 3. The zero-order chi connectivity index (χ0) is 31.7. The van der Waals surface area contributed by atoms with Crippen LogP contribution in [0.3, 0.4) is 0 Å². The number of rotatable bonds is 28. The molecule has 0 amide bonds. The number of phosphoric acid groups is 1. The minimum Gasteiger partial charge on any atom is -0.378 e. The van der Waals surface area contributed by atoms with Crippen LogP contribution in [0.25, 0.3) is 0 Å². The minimum atomic E-state index is -4.35. The van der Waals surface area contributed by atoms with Crippen LogP contribution in [0.2, 0.25) is 0 Å². The molecule has 13 N–H and O–H groups in total. The van der Waals surface area contributed by atoms with Crippen LogP contribution in [0.1, 0.15) is 57.8 Å². The molecule has 0 aromatic heterocycles. The molecule has 42 heavy (non-hydrogen) atoms. The third kappa shape index (κ3) is 23.8. The van der Waals surface area contributed by atoms with Crippen LogP contribution >= 0.6 is 26.0 Å². The van der Waals surface area contributed by atoms with E-state index in [0.717, 1.165) is 19.3 Å². The van der Waals surface area contributed by atoms with Gasteiger partial charge >= 0.3 is 16.5 Å².